The molecule has 2 aromatic heterocycles. The van der Waals surface area contributed by atoms with E-state index < -0.39 is 11.4 Å². The number of hydrogen-bond donors (Lipinski definition) is 1. The quantitative estimate of drug-likeness (QED) is 0.611. The number of hydrogen-bond acceptors (Lipinski definition) is 5. The summed E-state index contributed by atoms with van der Waals surface area (Å²) in [6, 6.07) is 7.16. The SMILES string of the molecule is CO[C@@H]1CC(C)(C)N2C1c1cc(C#Cc3cncn3C)ccc1-c1cc(=O)c(C(=O)O)cn12. The molecule has 0 spiro atoms. The lowest BCUT2D eigenvalue weighted by atomic mass is 9.91. The fourth-order valence-corrected chi connectivity index (χ4v) is 5.00. The molecule has 3 aromatic rings. The van der Waals surface area contributed by atoms with Crippen LogP contribution in [0.3, 0.4) is 0 Å². The number of pyridine rings is 1. The molecule has 1 fully saturated rings. The minimum atomic E-state index is -1.24. The van der Waals surface area contributed by atoms with Crippen LogP contribution in [-0.4, -0.2) is 44.1 Å². The molecule has 1 unspecified atom stereocenters. The fourth-order valence-electron chi connectivity index (χ4n) is 5.00. The predicted molar refractivity (Wildman–Crippen MR) is 123 cm³/mol. The van der Waals surface area contributed by atoms with Crippen LogP contribution in [0.2, 0.25) is 0 Å². The molecule has 0 radical (unpaired) electrons. The summed E-state index contributed by atoms with van der Waals surface area (Å²) in [6.07, 6.45) is 5.49. The summed E-state index contributed by atoms with van der Waals surface area (Å²) in [4.78, 5) is 28.4. The van der Waals surface area contributed by atoms with Gasteiger partial charge in [0.2, 0.25) is 0 Å². The number of benzene rings is 1. The van der Waals surface area contributed by atoms with Gasteiger partial charge in [-0.1, -0.05) is 12.0 Å². The van der Waals surface area contributed by atoms with Crippen LogP contribution in [0.25, 0.3) is 11.3 Å². The zero-order chi connectivity index (χ0) is 23.5. The Labute approximate surface area is 191 Å². The van der Waals surface area contributed by atoms with E-state index in [0.29, 0.717) is 5.69 Å². The Balaban J connectivity index is 1.73. The van der Waals surface area contributed by atoms with Crippen LogP contribution in [0.5, 0.6) is 0 Å². The van der Waals surface area contributed by atoms with Crippen molar-refractivity contribution in [2.24, 2.45) is 7.05 Å². The summed E-state index contributed by atoms with van der Waals surface area (Å²) in [6.45, 7) is 4.19. The molecular weight excluding hydrogens is 420 g/mol. The van der Waals surface area contributed by atoms with Gasteiger partial charge >= 0.3 is 5.97 Å². The second-order valence-corrected chi connectivity index (χ2v) is 9.11. The van der Waals surface area contributed by atoms with E-state index in [-0.39, 0.29) is 23.2 Å². The standard InChI is InChI=1S/C25H24N4O4/c1-25(2)11-22(33-4)23-18-9-15(5-7-16-12-26-14-27(16)3)6-8-17(18)20-10-21(30)19(24(31)32)13-28(20)29(23)25/h6,8-10,12-14,22-23H,11H2,1-4H3,(H,31,32)/t22-,23?/m1/s1. The zero-order valence-corrected chi connectivity index (χ0v) is 18.9. The van der Waals surface area contributed by atoms with E-state index in [2.05, 4.69) is 35.7 Å². The van der Waals surface area contributed by atoms with E-state index in [4.69, 9.17) is 4.74 Å². The van der Waals surface area contributed by atoms with Crippen molar-refractivity contribution in [3.8, 4) is 23.1 Å². The van der Waals surface area contributed by atoms with Gasteiger partial charge in [-0.3, -0.25) is 14.5 Å². The van der Waals surface area contributed by atoms with E-state index in [9.17, 15) is 14.7 Å². The van der Waals surface area contributed by atoms with Crippen LogP contribution in [0.15, 0.2) is 47.8 Å². The Kier molecular flexibility index (Phi) is 4.69. The van der Waals surface area contributed by atoms with Crippen LogP contribution in [0.4, 0.5) is 0 Å². The monoisotopic (exact) mass is 444 g/mol. The molecule has 33 heavy (non-hydrogen) atoms. The highest BCUT2D eigenvalue weighted by molar-refractivity contribution is 5.88. The number of aryl methyl sites for hydroxylation is 1. The lowest BCUT2D eigenvalue weighted by Crippen LogP contribution is -2.50. The maximum Gasteiger partial charge on any atom is 0.341 e. The summed E-state index contributed by atoms with van der Waals surface area (Å²) < 4.78 is 9.56. The van der Waals surface area contributed by atoms with Crippen molar-refractivity contribution >= 4 is 5.97 Å². The first-order valence-corrected chi connectivity index (χ1v) is 10.7. The van der Waals surface area contributed by atoms with Gasteiger partial charge in [0.25, 0.3) is 0 Å². The molecule has 2 atom stereocenters. The first-order chi connectivity index (χ1) is 15.7. The fraction of sp³-hybridized carbons (Fsp3) is 0.320. The number of rotatable bonds is 2. The van der Waals surface area contributed by atoms with E-state index in [1.165, 1.54) is 12.3 Å². The molecule has 2 aliphatic heterocycles. The lowest BCUT2D eigenvalue weighted by molar-refractivity contribution is 0.0694. The molecule has 4 heterocycles. The zero-order valence-electron chi connectivity index (χ0n) is 18.9. The number of carboxylic acids is 1. The van der Waals surface area contributed by atoms with Crippen LogP contribution >= 0.6 is 0 Å². The Bertz CT molecular complexity index is 1410. The van der Waals surface area contributed by atoms with Crippen LogP contribution < -0.4 is 10.4 Å². The lowest BCUT2D eigenvalue weighted by Gasteiger charge is -2.44. The molecule has 1 N–H and O–H groups in total. The number of methoxy groups -OCH3 is 1. The Morgan fingerprint density at radius 3 is 2.73 bits per heavy atom. The largest absolute Gasteiger partial charge is 0.477 e. The maximum absolute atomic E-state index is 12.6. The third kappa shape index (κ3) is 3.24. The molecule has 168 valence electrons. The maximum atomic E-state index is 12.6. The number of ether oxygens (including phenoxy) is 1. The average Bonchev–Trinajstić information content (AvgIpc) is 3.31. The summed E-state index contributed by atoms with van der Waals surface area (Å²) >= 11 is 0. The first-order valence-electron chi connectivity index (χ1n) is 10.7. The minimum Gasteiger partial charge on any atom is -0.477 e. The van der Waals surface area contributed by atoms with Gasteiger partial charge in [-0.2, -0.15) is 0 Å². The van der Waals surface area contributed by atoms with Gasteiger partial charge in [-0.25, -0.2) is 9.78 Å². The van der Waals surface area contributed by atoms with Crippen molar-refractivity contribution < 1.29 is 14.6 Å². The highest BCUT2D eigenvalue weighted by atomic mass is 16.5. The second-order valence-electron chi connectivity index (χ2n) is 9.11. The Morgan fingerprint density at radius 2 is 2.06 bits per heavy atom. The number of aromatic carboxylic acids is 1. The van der Waals surface area contributed by atoms with Crippen molar-refractivity contribution in [3.05, 3.63) is 75.6 Å². The van der Waals surface area contributed by atoms with Crippen LogP contribution in [0.1, 0.15) is 53.5 Å². The second kappa shape index (κ2) is 7.36. The van der Waals surface area contributed by atoms with E-state index >= 15 is 0 Å². The van der Waals surface area contributed by atoms with Crippen LogP contribution in [0, 0.1) is 11.8 Å². The molecule has 2 aliphatic rings. The molecule has 1 saturated heterocycles. The van der Waals surface area contributed by atoms with Crippen LogP contribution in [-0.2, 0) is 11.8 Å². The summed E-state index contributed by atoms with van der Waals surface area (Å²) in [5, 5.41) is 11.7. The summed E-state index contributed by atoms with van der Waals surface area (Å²) in [7, 11) is 3.59. The van der Waals surface area contributed by atoms with E-state index in [0.717, 1.165) is 28.8 Å². The highest BCUT2D eigenvalue weighted by Crippen LogP contribution is 2.49. The average molecular weight is 444 g/mol. The molecule has 0 aliphatic carbocycles. The number of imidazole rings is 1. The van der Waals surface area contributed by atoms with Gasteiger partial charge in [0.1, 0.15) is 11.3 Å². The predicted octanol–water partition coefficient (Wildman–Crippen LogP) is 2.54. The number of nitrogens with zero attached hydrogens (tertiary/aromatic N) is 4. The molecule has 0 amide bonds. The Hall–Kier alpha value is -3.83. The molecule has 8 nitrogen and oxygen atoms in total. The van der Waals surface area contributed by atoms with Gasteiger partial charge in [-0.15, -0.1) is 0 Å². The molecular formula is C25H24N4O4. The third-order valence-corrected chi connectivity index (χ3v) is 6.53. The van der Waals surface area contributed by atoms with Gasteiger partial charge in [0.05, 0.1) is 35.9 Å². The van der Waals surface area contributed by atoms with Gasteiger partial charge in [-0.05, 0) is 37.5 Å². The summed E-state index contributed by atoms with van der Waals surface area (Å²) in [5.74, 6) is 5.13. The molecule has 0 saturated carbocycles. The normalized spacial score (nSPS) is 19.8. The number of fused-ring (bicyclic) bond motifs is 6. The third-order valence-electron chi connectivity index (χ3n) is 6.53. The van der Waals surface area contributed by atoms with Crippen molar-refractivity contribution in [1.29, 1.82) is 0 Å². The Morgan fingerprint density at radius 1 is 1.27 bits per heavy atom. The van der Waals surface area contributed by atoms with Gasteiger partial charge in [0, 0.05) is 44.0 Å². The summed E-state index contributed by atoms with van der Waals surface area (Å²) in [5.41, 5.74) is 3.08. The number of aromatic nitrogens is 3. The van der Waals surface area contributed by atoms with E-state index in [1.807, 2.05) is 34.5 Å². The smallest absolute Gasteiger partial charge is 0.341 e. The minimum absolute atomic E-state index is 0.111. The van der Waals surface area contributed by atoms with Gasteiger partial charge < -0.3 is 14.4 Å². The molecule has 5 rings (SSSR count). The molecule has 0 bridgehead atoms. The van der Waals surface area contributed by atoms with Gasteiger partial charge in [0.15, 0.2) is 5.43 Å². The highest BCUT2D eigenvalue weighted by Gasteiger charge is 2.51. The topological polar surface area (TPSA) is 89.6 Å². The number of carbonyl (C=O) groups is 1. The van der Waals surface area contributed by atoms with Crippen molar-refractivity contribution in [1.82, 2.24) is 14.2 Å². The van der Waals surface area contributed by atoms with Crippen molar-refractivity contribution in [2.45, 2.75) is 38.0 Å². The van der Waals surface area contributed by atoms with Crippen molar-refractivity contribution in [2.75, 3.05) is 12.1 Å². The molecule has 1 aromatic carbocycles. The first kappa shape index (κ1) is 21.0. The van der Waals surface area contributed by atoms with Crippen molar-refractivity contribution in [3.63, 3.8) is 0 Å². The van der Waals surface area contributed by atoms with E-state index in [1.54, 1.807) is 19.6 Å². The molecule has 8 heteroatoms. The number of carboxylic acid groups (broad SMARTS) is 1.